The van der Waals surface area contributed by atoms with Crippen LogP contribution in [0.15, 0.2) is 42.5 Å². The minimum atomic E-state index is -0.371. The molecule has 6 nitrogen and oxygen atoms in total. The van der Waals surface area contributed by atoms with Crippen molar-refractivity contribution in [1.29, 1.82) is 0 Å². The fraction of sp³-hybridized carbons (Fsp3) is 0.167. The van der Waals surface area contributed by atoms with Crippen molar-refractivity contribution in [2.24, 2.45) is 0 Å². The predicted octanol–water partition coefficient (Wildman–Crippen LogP) is 3.25. The van der Waals surface area contributed by atoms with Crippen molar-refractivity contribution in [3.63, 3.8) is 0 Å². The molecule has 0 aliphatic carbocycles. The molecular formula is C18H17FN4O2. The lowest BCUT2D eigenvalue weighted by Crippen LogP contribution is -2.20. The summed E-state index contributed by atoms with van der Waals surface area (Å²) >= 11 is 0. The number of H-pyrrole nitrogens is 1. The van der Waals surface area contributed by atoms with Crippen LogP contribution >= 0.6 is 0 Å². The van der Waals surface area contributed by atoms with Crippen LogP contribution in [0.4, 0.5) is 10.3 Å². The summed E-state index contributed by atoms with van der Waals surface area (Å²) < 4.78 is 18.4. The quantitative estimate of drug-likeness (QED) is 0.747. The number of carbonyl (C=O) groups excluding carboxylic acids is 1. The van der Waals surface area contributed by atoms with E-state index < -0.39 is 0 Å². The Hall–Kier alpha value is -3.22. The first-order chi connectivity index (χ1) is 12.0. The van der Waals surface area contributed by atoms with Gasteiger partial charge >= 0.3 is 0 Å². The SMILES string of the molecule is Cc1cc(C)cc(OCC(=O)Nc2n[nH]c(-c3ccc(F)cc3)n2)c1. The molecule has 2 aromatic carbocycles. The van der Waals surface area contributed by atoms with E-state index in [0.29, 0.717) is 17.1 Å². The maximum atomic E-state index is 12.9. The highest BCUT2D eigenvalue weighted by Gasteiger charge is 2.10. The third-order valence-corrected chi connectivity index (χ3v) is 3.42. The van der Waals surface area contributed by atoms with Gasteiger partial charge in [0.15, 0.2) is 12.4 Å². The average molecular weight is 340 g/mol. The number of nitrogens with one attached hydrogen (secondary N) is 2. The minimum absolute atomic E-state index is 0.133. The van der Waals surface area contributed by atoms with Crippen molar-refractivity contribution in [3.8, 4) is 17.1 Å². The van der Waals surface area contributed by atoms with Gasteiger partial charge in [-0.25, -0.2) is 4.39 Å². The van der Waals surface area contributed by atoms with E-state index in [1.165, 1.54) is 12.1 Å². The van der Waals surface area contributed by atoms with E-state index in [4.69, 9.17) is 4.74 Å². The van der Waals surface area contributed by atoms with Gasteiger partial charge in [0.1, 0.15) is 11.6 Å². The number of rotatable bonds is 5. The molecule has 0 radical (unpaired) electrons. The van der Waals surface area contributed by atoms with Gasteiger partial charge in [0.2, 0.25) is 5.95 Å². The maximum Gasteiger partial charge on any atom is 0.264 e. The van der Waals surface area contributed by atoms with Crippen molar-refractivity contribution in [1.82, 2.24) is 15.2 Å². The lowest BCUT2D eigenvalue weighted by Gasteiger charge is -2.07. The van der Waals surface area contributed by atoms with Crippen molar-refractivity contribution < 1.29 is 13.9 Å². The number of aromatic nitrogens is 3. The molecule has 3 rings (SSSR count). The Bertz CT molecular complexity index is 870. The highest BCUT2D eigenvalue weighted by molar-refractivity contribution is 5.90. The van der Waals surface area contributed by atoms with Crippen LogP contribution in [0.3, 0.4) is 0 Å². The second kappa shape index (κ2) is 7.12. The van der Waals surface area contributed by atoms with Gasteiger partial charge in [-0.2, -0.15) is 4.98 Å². The lowest BCUT2D eigenvalue weighted by atomic mass is 10.1. The summed E-state index contributed by atoms with van der Waals surface area (Å²) in [6.07, 6.45) is 0. The second-order valence-corrected chi connectivity index (χ2v) is 5.67. The van der Waals surface area contributed by atoms with E-state index in [-0.39, 0.29) is 24.3 Å². The smallest absolute Gasteiger partial charge is 0.264 e. The highest BCUT2D eigenvalue weighted by Crippen LogP contribution is 2.17. The molecule has 7 heteroatoms. The number of halogens is 1. The molecule has 0 bridgehead atoms. The van der Waals surface area contributed by atoms with Crippen LogP contribution in [0.1, 0.15) is 11.1 Å². The third-order valence-electron chi connectivity index (χ3n) is 3.42. The highest BCUT2D eigenvalue weighted by atomic mass is 19.1. The van der Waals surface area contributed by atoms with Crippen LogP contribution in [-0.4, -0.2) is 27.7 Å². The van der Waals surface area contributed by atoms with E-state index in [2.05, 4.69) is 20.5 Å². The molecule has 0 aliphatic heterocycles. The van der Waals surface area contributed by atoms with E-state index in [1.807, 2.05) is 32.0 Å². The number of anilines is 1. The van der Waals surface area contributed by atoms with Crippen LogP contribution < -0.4 is 10.1 Å². The Morgan fingerprint density at radius 2 is 1.84 bits per heavy atom. The molecule has 0 unspecified atom stereocenters. The summed E-state index contributed by atoms with van der Waals surface area (Å²) in [4.78, 5) is 16.1. The summed E-state index contributed by atoms with van der Waals surface area (Å²) in [7, 11) is 0. The molecule has 1 aromatic heterocycles. The molecule has 3 aromatic rings. The normalized spacial score (nSPS) is 10.5. The molecule has 0 saturated carbocycles. The molecule has 25 heavy (non-hydrogen) atoms. The maximum absolute atomic E-state index is 12.9. The van der Waals surface area contributed by atoms with Crippen LogP contribution in [0.5, 0.6) is 5.75 Å². The Kier molecular flexibility index (Phi) is 4.74. The first kappa shape index (κ1) is 16.6. The van der Waals surface area contributed by atoms with E-state index in [1.54, 1.807) is 12.1 Å². The van der Waals surface area contributed by atoms with Gasteiger partial charge in [-0.15, -0.1) is 5.10 Å². The summed E-state index contributed by atoms with van der Waals surface area (Å²) in [6, 6.07) is 11.5. The Labute approximate surface area is 144 Å². The van der Waals surface area contributed by atoms with Gasteiger partial charge in [0.05, 0.1) is 0 Å². The van der Waals surface area contributed by atoms with E-state index >= 15 is 0 Å². The summed E-state index contributed by atoms with van der Waals surface area (Å²) in [5, 5.41) is 9.17. The number of aryl methyl sites for hydroxylation is 2. The third kappa shape index (κ3) is 4.41. The van der Waals surface area contributed by atoms with Crippen molar-refractivity contribution in [2.45, 2.75) is 13.8 Å². The molecule has 128 valence electrons. The van der Waals surface area contributed by atoms with E-state index in [0.717, 1.165) is 11.1 Å². The topological polar surface area (TPSA) is 79.9 Å². The Morgan fingerprint density at radius 3 is 2.52 bits per heavy atom. The fourth-order valence-corrected chi connectivity index (χ4v) is 2.38. The predicted molar refractivity (Wildman–Crippen MR) is 91.8 cm³/mol. The van der Waals surface area contributed by atoms with Gasteiger partial charge < -0.3 is 4.74 Å². The van der Waals surface area contributed by atoms with Crippen LogP contribution in [0.25, 0.3) is 11.4 Å². The number of hydrogen-bond acceptors (Lipinski definition) is 4. The molecule has 2 N–H and O–H groups in total. The van der Waals surface area contributed by atoms with Gasteiger partial charge in [-0.05, 0) is 61.4 Å². The number of benzene rings is 2. The zero-order valence-corrected chi connectivity index (χ0v) is 13.8. The number of hydrogen-bond donors (Lipinski definition) is 2. The van der Waals surface area contributed by atoms with Crippen LogP contribution in [0.2, 0.25) is 0 Å². The molecule has 1 amide bonds. The van der Waals surface area contributed by atoms with Crippen LogP contribution in [0, 0.1) is 19.7 Å². The van der Waals surface area contributed by atoms with Crippen molar-refractivity contribution >= 4 is 11.9 Å². The van der Waals surface area contributed by atoms with Crippen LogP contribution in [-0.2, 0) is 4.79 Å². The van der Waals surface area contributed by atoms with E-state index in [9.17, 15) is 9.18 Å². The summed E-state index contributed by atoms with van der Waals surface area (Å²) in [6.45, 7) is 3.78. The molecular weight excluding hydrogens is 323 g/mol. The number of aromatic amines is 1. The summed E-state index contributed by atoms with van der Waals surface area (Å²) in [5.41, 5.74) is 2.79. The lowest BCUT2D eigenvalue weighted by molar-refractivity contribution is -0.118. The zero-order chi connectivity index (χ0) is 17.8. The summed E-state index contributed by atoms with van der Waals surface area (Å²) in [5.74, 6) is 0.498. The molecule has 0 fully saturated rings. The largest absolute Gasteiger partial charge is 0.484 e. The van der Waals surface area contributed by atoms with Crippen molar-refractivity contribution in [3.05, 3.63) is 59.4 Å². The Morgan fingerprint density at radius 1 is 1.16 bits per heavy atom. The fourth-order valence-electron chi connectivity index (χ4n) is 2.38. The zero-order valence-electron chi connectivity index (χ0n) is 13.8. The number of ether oxygens (including phenoxy) is 1. The minimum Gasteiger partial charge on any atom is -0.484 e. The van der Waals surface area contributed by atoms with Crippen molar-refractivity contribution in [2.75, 3.05) is 11.9 Å². The monoisotopic (exact) mass is 340 g/mol. The van der Waals surface area contributed by atoms with Gasteiger partial charge in [-0.3, -0.25) is 15.2 Å². The number of carbonyl (C=O) groups is 1. The second-order valence-electron chi connectivity index (χ2n) is 5.67. The molecule has 0 aliphatic rings. The molecule has 1 heterocycles. The Balaban J connectivity index is 1.59. The standard InChI is InChI=1S/C18H17FN4O2/c1-11-7-12(2)9-15(8-11)25-10-16(24)20-18-21-17(22-23-18)13-3-5-14(19)6-4-13/h3-9H,10H2,1-2H3,(H2,20,21,22,23,24). The molecule has 0 atom stereocenters. The molecule has 0 spiro atoms. The molecule has 0 saturated heterocycles. The number of amides is 1. The first-order valence-electron chi connectivity index (χ1n) is 7.69. The van der Waals surface area contributed by atoms with Gasteiger partial charge in [0, 0.05) is 5.56 Å². The first-order valence-corrected chi connectivity index (χ1v) is 7.69. The van der Waals surface area contributed by atoms with Gasteiger partial charge in [-0.1, -0.05) is 6.07 Å². The van der Waals surface area contributed by atoms with Gasteiger partial charge in [0.25, 0.3) is 5.91 Å². The number of nitrogens with zero attached hydrogens (tertiary/aromatic N) is 2. The average Bonchev–Trinajstić information content (AvgIpc) is 3.01.